The van der Waals surface area contributed by atoms with E-state index in [1.54, 1.807) is 0 Å². The molecule has 1 fully saturated rings. The third-order valence-electron chi connectivity index (χ3n) is 5.81. The van der Waals surface area contributed by atoms with Crippen molar-refractivity contribution >= 4 is 35.0 Å². The molecule has 1 saturated heterocycles. The summed E-state index contributed by atoms with van der Waals surface area (Å²) in [5.41, 5.74) is 1.55. The molecular formula is C25H27N5O5S. The van der Waals surface area contributed by atoms with Gasteiger partial charge in [0.25, 0.3) is 11.6 Å². The number of nitrogens with zero attached hydrogens (tertiary/aromatic N) is 2. The van der Waals surface area contributed by atoms with Gasteiger partial charge in [-0.05, 0) is 43.6 Å². The Morgan fingerprint density at radius 3 is 2.56 bits per heavy atom. The predicted octanol–water partition coefficient (Wildman–Crippen LogP) is 3.72. The third kappa shape index (κ3) is 6.92. The summed E-state index contributed by atoms with van der Waals surface area (Å²) in [6.07, 6.45) is 3.10. The normalized spacial score (nSPS) is 14.7. The molecule has 2 aromatic carbocycles. The molecule has 1 atom stereocenters. The van der Waals surface area contributed by atoms with E-state index in [-0.39, 0.29) is 17.3 Å². The molecule has 0 spiro atoms. The lowest BCUT2D eigenvalue weighted by Crippen LogP contribution is -2.45. The number of nitro groups is 1. The van der Waals surface area contributed by atoms with Crippen molar-refractivity contribution in [3.05, 3.63) is 88.1 Å². The van der Waals surface area contributed by atoms with Crippen molar-refractivity contribution < 1.29 is 18.9 Å². The summed E-state index contributed by atoms with van der Waals surface area (Å²) in [4.78, 5) is 40.8. The topological polar surface area (TPSA) is 139 Å². The number of rotatable bonds is 10. The number of anilines is 1. The molecular weight excluding hydrogens is 482 g/mol. The SMILES string of the molecule is O=C(NC(CSCc1ccccc1)C(=O)Nc1ccc([N+](=O)[O-])cc1)c1coc(C2CCNCC2)n1. The first kappa shape index (κ1) is 25.4. The molecule has 4 rings (SSSR count). The van der Waals surface area contributed by atoms with Crippen molar-refractivity contribution in [3.8, 4) is 0 Å². The average molecular weight is 510 g/mol. The van der Waals surface area contributed by atoms with Crippen molar-refractivity contribution in [2.75, 3.05) is 24.2 Å². The van der Waals surface area contributed by atoms with E-state index in [9.17, 15) is 19.7 Å². The number of hydrogen-bond donors (Lipinski definition) is 3. The summed E-state index contributed by atoms with van der Waals surface area (Å²) in [5.74, 6) is 0.755. The maximum Gasteiger partial charge on any atom is 0.273 e. The molecule has 1 unspecified atom stereocenters. The molecule has 1 aliphatic heterocycles. The highest BCUT2D eigenvalue weighted by molar-refractivity contribution is 7.98. The fraction of sp³-hybridized carbons (Fsp3) is 0.320. The number of non-ortho nitro benzene ring substituents is 1. The second-order valence-electron chi connectivity index (χ2n) is 8.42. The van der Waals surface area contributed by atoms with Gasteiger partial charge in [0.15, 0.2) is 11.6 Å². The van der Waals surface area contributed by atoms with Crippen LogP contribution in [0, 0.1) is 10.1 Å². The molecule has 0 radical (unpaired) electrons. The highest BCUT2D eigenvalue weighted by atomic mass is 32.2. The Morgan fingerprint density at radius 1 is 1.14 bits per heavy atom. The molecule has 3 N–H and O–H groups in total. The van der Waals surface area contributed by atoms with Crippen molar-refractivity contribution in [3.63, 3.8) is 0 Å². The van der Waals surface area contributed by atoms with Crippen LogP contribution in [0.15, 0.2) is 65.3 Å². The van der Waals surface area contributed by atoms with E-state index in [1.165, 1.54) is 42.3 Å². The molecule has 188 valence electrons. The number of oxazole rings is 1. The molecule has 0 aliphatic carbocycles. The fourth-order valence-electron chi connectivity index (χ4n) is 3.83. The summed E-state index contributed by atoms with van der Waals surface area (Å²) in [5, 5.41) is 19.7. The maximum atomic E-state index is 13.1. The lowest BCUT2D eigenvalue weighted by molar-refractivity contribution is -0.384. The van der Waals surface area contributed by atoms with Gasteiger partial charge in [0.2, 0.25) is 5.91 Å². The number of nitro benzene ring substituents is 1. The molecule has 3 aromatic rings. The number of nitrogens with one attached hydrogen (secondary N) is 3. The molecule has 10 nitrogen and oxygen atoms in total. The highest BCUT2D eigenvalue weighted by Crippen LogP contribution is 2.24. The Labute approximate surface area is 212 Å². The summed E-state index contributed by atoms with van der Waals surface area (Å²) >= 11 is 1.51. The Hall–Kier alpha value is -3.70. The minimum Gasteiger partial charge on any atom is -0.448 e. The number of amides is 2. The summed E-state index contributed by atoms with van der Waals surface area (Å²) in [7, 11) is 0. The van der Waals surface area contributed by atoms with Crippen LogP contribution in [0.4, 0.5) is 11.4 Å². The average Bonchev–Trinajstić information content (AvgIpc) is 3.40. The van der Waals surface area contributed by atoms with E-state index < -0.39 is 22.8 Å². The number of benzene rings is 2. The number of thioether (sulfide) groups is 1. The lowest BCUT2D eigenvalue weighted by Gasteiger charge is -2.19. The molecule has 2 heterocycles. The van der Waals surface area contributed by atoms with Gasteiger partial charge in [-0.3, -0.25) is 19.7 Å². The van der Waals surface area contributed by atoms with Gasteiger partial charge in [0, 0.05) is 35.2 Å². The molecule has 11 heteroatoms. The van der Waals surface area contributed by atoms with Crippen LogP contribution in [-0.2, 0) is 10.5 Å². The number of hydrogen-bond acceptors (Lipinski definition) is 8. The summed E-state index contributed by atoms with van der Waals surface area (Å²) < 4.78 is 5.57. The minimum atomic E-state index is -0.861. The van der Waals surface area contributed by atoms with E-state index in [2.05, 4.69) is 20.9 Å². The van der Waals surface area contributed by atoms with E-state index in [4.69, 9.17) is 4.42 Å². The first-order valence-corrected chi connectivity index (χ1v) is 12.8. The largest absolute Gasteiger partial charge is 0.448 e. The van der Waals surface area contributed by atoms with Crippen LogP contribution in [0.25, 0.3) is 0 Å². The number of piperidine rings is 1. The molecule has 0 saturated carbocycles. The number of carbonyl (C=O) groups is 2. The molecule has 1 aliphatic rings. The van der Waals surface area contributed by atoms with E-state index in [0.717, 1.165) is 31.5 Å². The fourth-order valence-corrected chi connectivity index (χ4v) is 4.84. The third-order valence-corrected chi connectivity index (χ3v) is 6.91. The number of aromatic nitrogens is 1. The zero-order chi connectivity index (χ0) is 25.3. The van der Waals surface area contributed by atoms with Crippen LogP contribution in [0.3, 0.4) is 0 Å². The van der Waals surface area contributed by atoms with Gasteiger partial charge in [-0.15, -0.1) is 0 Å². The number of carbonyl (C=O) groups excluding carboxylic acids is 2. The Bertz CT molecular complexity index is 1180. The van der Waals surface area contributed by atoms with Crippen LogP contribution in [0.5, 0.6) is 0 Å². The van der Waals surface area contributed by atoms with Gasteiger partial charge in [-0.1, -0.05) is 30.3 Å². The molecule has 1 aromatic heterocycles. The van der Waals surface area contributed by atoms with Crippen molar-refractivity contribution in [2.45, 2.75) is 30.6 Å². The smallest absolute Gasteiger partial charge is 0.273 e. The van der Waals surface area contributed by atoms with E-state index >= 15 is 0 Å². The zero-order valence-corrected chi connectivity index (χ0v) is 20.3. The van der Waals surface area contributed by atoms with Crippen LogP contribution < -0.4 is 16.0 Å². The van der Waals surface area contributed by atoms with Crippen molar-refractivity contribution in [1.29, 1.82) is 0 Å². The second kappa shape index (κ2) is 12.3. The zero-order valence-electron chi connectivity index (χ0n) is 19.5. The van der Waals surface area contributed by atoms with Gasteiger partial charge in [0.05, 0.1) is 4.92 Å². The van der Waals surface area contributed by atoms with Gasteiger partial charge >= 0.3 is 0 Å². The first-order chi connectivity index (χ1) is 17.5. The molecule has 0 bridgehead atoms. The van der Waals surface area contributed by atoms with Crippen LogP contribution in [0.1, 0.15) is 40.7 Å². The van der Waals surface area contributed by atoms with E-state index in [0.29, 0.717) is 23.1 Å². The van der Waals surface area contributed by atoms with Crippen LogP contribution >= 0.6 is 11.8 Å². The van der Waals surface area contributed by atoms with Gasteiger partial charge in [-0.2, -0.15) is 11.8 Å². The predicted molar refractivity (Wildman–Crippen MR) is 137 cm³/mol. The van der Waals surface area contributed by atoms with Crippen LogP contribution in [-0.4, -0.2) is 46.6 Å². The van der Waals surface area contributed by atoms with E-state index in [1.807, 2.05) is 30.3 Å². The van der Waals surface area contributed by atoms with Crippen molar-refractivity contribution in [2.24, 2.45) is 0 Å². The van der Waals surface area contributed by atoms with Gasteiger partial charge < -0.3 is 20.4 Å². The first-order valence-electron chi connectivity index (χ1n) is 11.6. The Balaban J connectivity index is 1.42. The monoisotopic (exact) mass is 509 g/mol. The standard InChI is InChI=1S/C25H27N5O5S/c31-23(21-14-35-25(29-21)18-10-12-26-13-11-18)28-22(16-36-15-17-4-2-1-3-5-17)24(32)27-19-6-8-20(9-7-19)30(33)34/h1-9,14,18,22,26H,10-13,15-16H2,(H,27,32)(H,28,31). The second-order valence-corrected chi connectivity index (χ2v) is 9.45. The van der Waals surface area contributed by atoms with Gasteiger partial charge in [-0.25, -0.2) is 4.98 Å². The van der Waals surface area contributed by atoms with Gasteiger partial charge in [0.1, 0.15) is 12.3 Å². The molecule has 36 heavy (non-hydrogen) atoms. The quantitative estimate of drug-likeness (QED) is 0.278. The maximum absolute atomic E-state index is 13.1. The highest BCUT2D eigenvalue weighted by Gasteiger charge is 2.26. The Morgan fingerprint density at radius 2 is 1.86 bits per heavy atom. The summed E-state index contributed by atoms with van der Waals surface area (Å²) in [6, 6.07) is 14.5. The Kier molecular flexibility index (Phi) is 8.69. The minimum absolute atomic E-state index is 0.0770. The van der Waals surface area contributed by atoms with Crippen LogP contribution in [0.2, 0.25) is 0 Å². The molecule has 2 amide bonds. The summed E-state index contributed by atoms with van der Waals surface area (Å²) in [6.45, 7) is 1.75. The lowest BCUT2D eigenvalue weighted by atomic mass is 9.98. The van der Waals surface area contributed by atoms with Crippen molar-refractivity contribution in [1.82, 2.24) is 15.6 Å².